The van der Waals surface area contributed by atoms with Crippen LogP contribution in [0.3, 0.4) is 0 Å². The zero-order valence-corrected chi connectivity index (χ0v) is 27.2. The van der Waals surface area contributed by atoms with Crippen molar-refractivity contribution in [2.75, 3.05) is 26.9 Å². The molecule has 0 spiro atoms. The SMILES string of the molecule is COC1(c2ccc(Cl)c(Cc3ccc4c(c3)OCCO4)c2)O[C@@](C=O)(CO)[C@@H](C)[C@H](OCc2ccccc2)[C@H]1OCc1ccccc1. The molecule has 6 rings (SSSR count). The molecule has 1 N–H and O–H groups in total. The smallest absolute Gasteiger partial charge is 0.225 e. The van der Waals surface area contributed by atoms with Crippen LogP contribution in [0.25, 0.3) is 0 Å². The molecule has 0 amide bonds. The second-order valence-corrected chi connectivity index (χ2v) is 12.3. The molecule has 0 bridgehead atoms. The lowest BCUT2D eigenvalue weighted by Gasteiger charge is -2.54. The summed E-state index contributed by atoms with van der Waals surface area (Å²) in [5, 5.41) is 11.3. The van der Waals surface area contributed by atoms with Crippen molar-refractivity contribution in [2.24, 2.45) is 5.92 Å². The summed E-state index contributed by atoms with van der Waals surface area (Å²) in [7, 11) is 1.51. The molecule has 4 aromatic carbocycles. The number of aliphatic hydroxyl groups is 1. The first-order chi connectivity index (χ1) is 22.9. The molecular formula is C38H39ClO8. The molecule has 2 aliphatic heterocycles. The van der Waals surface area contributed by atoms with Gasteiger partial charge in [0.1, 0.15) is 19.3 Å². The molecule has 9 heteroatoms. The zero-order valence-electron chi connectivity index (χ0n) is 26.5. The second-order valence-electron chi connectivity index (χ2n) is 11.9. The maximum Gasteiger partial charge on any atom is 0.225 e. The number of aliphatic hydroxyl groups excluding tert-OH is 1. The first-order valence-electron chi connectivity index (χ1n) is 15.7. The molecule has 1 unspecified atom stereocenters. The van der Waals surface area contributed by atoms with Crippen LogP contribution >= 0.6 is 11.6 Å². The fraction of sp³-hybridized carbons (Fsp3) is 0.342. The summed E-state index contributed by atoms with van der Waals surface area (Å²) in [5.74, 6) is -0.886. The first-order valence-corrected chi connectivity index (χ1v) is 16.1. The lowest BCUT2D eigenvalue weighted by molar-refractivity contribution is -0.389. The Kier molecular flexibility index (Phi) is 10.3. The van der Waals surface area contributed by atoms with E-state index in [-0.39, 0.29) is 13.2 Å². The molecule has 4 aromatic rings. The number of benzene rings is 4. The molecular weight excluding hydrogens is 620 g/mol. The molecule has 2 aliphatic rings. The molecule has 1 saturated heterocycles. The van der Waals surface area contributed by atoms with E-state index in [2.05, 4.69) is 0 Å². The molecule has 5 atom stereocenters. The topological polar surface area (TPSA) is 92.7 Å². The Morgan fingerprint density at radius 2 is 1.51 bits per heavy atom. The molecule has 2 heterocycles. The first kappa shape index (κ1) is 33.2. The van der Waals surface area contributed by atoms with Crippen LogP contribution in [0.5, 0.6) is 11.5 Å². The second kappa shape index (κ2) is 14.6. The van der Waals surface area contributed by atoms with Crippen LogP contribution in [0.1, 0.15) is 34.7 Å². The van der Waals surface area contributed by atoms with Gasteiger partial charge in [-0.25, -0.2) is 0 Å². The van der Waals surface area contributed by atoms with E-state index in [0.717, 1.165) is 22.3 Å². The van der Waals surface area contributed by atoms with Gasteiger partial charge in [0, 0.05) is 23.6 Å². The molecule has 0 radical (unpaired) electrons. The number of halogens is 1. The van der Waals surface area contributed by atoms with E-state index < -0.39 is 36.1 Å². The number of hydrogen-bond acceptors (Lipinski definition) is 8. The van der Waals surface area contributed by atoms with E-state index in [1.54, 1.807) is 12.1 Å². The summed E-state index contributed by atoms with van der Waals surface area (Å²) in [6.07, 6.45) is -0.484. The summed E-state index contributed by atoms with van der Waals surface area (Å²) >= 11 is 6.78. The minimum atomic E-state index is -1.67. The molecule has 246 valence electrons. The van der Waals surface area contributed by atoms with Gasteiger partial charge in [-0.2, -0.15) is 0 Å². The Balaban J connectivity index is 1.42. The van der Waals surface area contributed by atoms with Crippen LogP contribution in [0.2, 0.25) is 5.02 Å². The number of rotatable bonds is 12. The van der Waals surface area contributed by atoms with Crippen LogP contribution in [-0.2, 0) is 49.2 Å². The van der Waals surface area contributed by atoms with Crippen molar-refractivity contribution in [3.8, 4) is 11.5 Å². The van der Waals surface area contributed by atoms with Crippen LogP contribution < -0.4 is 9.47 Å². The molecule has 0 aromatic heterocycles. The lowest BCUT2D eigenvalue weighted by atomic mass is 9.76. The van der Waals surface area contributed by atoms with Gasteiger partial charge in [0.15, 0.2) is 23.4 Å². The summed E-state index contributed by atoms with van der Waals surface area (Å²) < 4.78 is 37.8. The minimum Gasteiger partial charge on any atom is -0.486 e. The molecule has 0 aliphatic carbocycles. The zero-order chi connectivity index (χ0) is 32.9. The normalized spacial score (nSPS) is 25.3. The van der Waals surface area contributed by atoms with Crippen molar-refractivity contribution in [1.82, 2.24) is 0 Å². The lowest BCUT2D eigenvalue weighted by Crippen LogP contribution is -2.68. The Hall–Kier alpha value is -3.76. The predicted molar refractivity (Wildman–Crippen MR) is 177 cm³/mol. The van der Waals surface area contributed by atoms with Gasteiger partial charge < -0.3 is 38.3 Å². The van der Waals surface area contributed by atoms with E-state index in [1.165, 1.54) is 7.11 Å². The van der Waals surface area contributed by atoms with E-state index >= 15 is 0 Å². The maximum atomic E-state index is 12.9. The minimum absolute atomic E-state index is 0.225. The summed E-state index contributed by atoms with van der Waals surface area (Å²) in [6, 6.07) is 30.8. The fourth-order valence-electron chi connectivity index (χ4n) is 6.34. The number of fused-ring (bicyclic) bond motifs is 1. The number of ether oxygens (including phenoxy) is 6. The van der Waals surface area contributed by atoms with Gasteiger partial charge in [-0.1, -0.05) is 91.3 Å². The largest absolute Gasteiger partial charge is 0.486 e. The van der Waals surface area contributed by atoms with E-state index in [4.69, 9.17) is 40.0 Å². The van der Waals surface area contributed by atoms with Gasteiger partial charge in [0.25, 0.3) is 0 Å². The third kappa shape index (κ3) is 6.81. The van der Waals surface area contributed by atoms with Crippen molar-refractivity contribution < 1.29 is 38.3 Å². The van der Waals surface area contributed by atoms with Crippen molar-refractivity contribution in [2.45, 2.75) is 50.2 Å². The van der Waals surface area contributed by atoms with E-state index in [9.17, 15) is 9.90 Å². The Morgan fingerprint density at radius 1 is 0.851 bits per heavy atom. The summed E-state index contributed by atoms with van der Waals surface area (Å²) in [6.45, 7) is 2.71. The van der Waals surface area contributed by atoms with Gasteiger partial charge in [-0.3, -0.25) is 0 Å². The van der Waals surface area contributed by atoms with Crippen LogP contribution in [0.4, 0.5) is 0 Å². The van der Waals surface area contributed by atoms with Gasteiger partial charge >= 0.3 is 0 Å². The van der Waals surface area contributed by atoms with Gasteiger partial charge in [0.05, 0.1) is 25.9 Å². The standard InChI is InChI=1S/C38H39ClO8/c1-26-35(45-22-27-9-5-3-6-10-27)36(46-23-28-11-7-4-8-12-28)38(42-2,47-37(26,24-40)25-41)31-14-15-32(39)30(21-31)19-29-13-16-33-34(20-29)44-18-17-43-33/h3-16,20-21,24,26,35-36,41H,17-19,22-23,25H2,1-2H3/t26-,35-,36+,37-,38?/m0/s1. The molecule has 1 fully saturated rings. The highest BCUT2D eigenvalue weighted by Crippen LogP contribution is 2.49. The Labute approximate surface area is 280 Å². The number of aldehydes is 1. The van der Waals surface area contributed by atoms with Gasteiger partial charge in [-0.05, 0) is 52.9 Å². The third-order valence-corrected chi connectivity index (χ3v) is 9.40. The molecule has 8 nitrogen and oxygen atoms in total. The highest BCUT2D eigenvalue weighted by Gasteiger charge is 2.62. The molecule has 0 saturated carbocycles. The van der Waals surface area contributed by atoms with Crippen LogP contribution in [-0.4, -0.2) is 56.1 Å². The maximum absolute atomic E-state index is 12.9. The van der Waals surface area contributed by atoms with Gasteiger partial charge in [-0.15, -0.1) is 0 Å². The Morgan fingerprint density at radius 3 is 2.15 bits per heavy atom. The van der Waals surface area contributed by atoms with E-state index in [0.29, 0.717) is 48.0 Å². The molecule has 47 heavy (non-hydrogen) atoms. The fourth-order valence-corrected chi connectivity index (χ4v) is 6.53. The summed E-state index contributed by atoms with van der Waals surface area (Å²) in [5.41, 5.74) is 2.57. The highest BCUT2D eigenvalue weighted by atomic mass is 35.5. The number of hydrogen-bond donors (Lipinski definition) is 1. The summed E-state index contributed by atoms with van der Waals surface area (Å²) in [4.78, 5) is 12.9. The van der Waals surface area contributed by atoms with Crippen molar-refractivity contribution >= 4 is 17.9 Å². The average molecular weight is 659 g/mol. The quantitative estimate of drug-likeness (QED) is 0.178. The predicted octanol–water partition coefficient (Wildman–Crippen LogP) is 6.27. The van der Waals surface area contributed by atoms with Crippen LogP contribution in [0, 0.1) is 5.92 Å². The van der Waals surface area contributed by atoms with Crippen molar-refractivity contribution in [3.05, 3.63) is 130 Å². The highest BCUT2D eigenvalue weighted by molar-refractivity contribution is 6.31. The van der Waals surface area contributed by atoms with Crippen molar-refractivity contribution in [1.29, 1.82) is 0 Å². The van der Waals surface area contributed by atoms with Crippen LogP contribution in [0.15, 0.2) is 97.1 Å². The van der Waals surface area contributed by atoms with E-state index in [1.807, 2.05) is 91.9 Å². The number of carbonyl (C=O) groups is 1. The monoisotopic (exact) mass is 658 g/mol. The third-order valence-electron chi connectivity index (χ3n) is 9.03. The number of carbonyl (C=O) groups excluding carboxylic acids is 1. The van der Waals surface area contributed by atoms with Gasteiger partial charge in [0.2, 0.25) is 5.79 Å². The van der Waals surface area contributed by atoms with Crippen molar-refractivity contribution in [3.63, 3.8) is 0 Å². The average Bonchev–Trinajstić information content (AvgIpc) is 3.12. The Bertz CT molecular complexity index is 1650. The number of methoxy groups -OCH3 is 1.